The standard InChI is InChI=1S/C63H110O6/c1-4-7-10-13-16-19-21-23-24-25-26-27-28-29-30-31-32-33-34-35-36-37-38-40-41-44-47-50-53-56-62(65)68-59-60(58-67-61(64)55-52-49-46-43-18-15-12-9-6-3)69-63(66)57-54-51-48-45-42-39-22-20-17-14-11-8-5-2/h8,11,17,20-21,23,25-26,39,42,48,51,60H,4-7,9-10,12-16,18-19,22,24,27-38,40-41,43-47,49-50,52-59H2,1-3H3/b11-8-,20-17-,23-21-,26-25-,42-39-,51-48-. The summed E-state index contributed by atoms with van der Waals surface area (Å²) in [5, 5.41) is 0. The average Bonchev–Trinajstić information content (AvgIpc) is 3.35. The highest BCUT2D eigenvalue weighted by Gasteiger charge is 2.19. The molecule has 0 heterocycles. The third-order valence-electron chi connectivity index (χ3n) is 12.7. The fourth-order valence-corrected chi connectivity index (χ4v) is 8.31. The topological polar surface area (TPSA) is 78.9 Å². The van der Waals surface area contributed by atoms with Crippen LogP contribution in [0.2, 0.25) is 0 Å². The third-order valence-corrected chi connectivity index (χ3v) is 12.7. The van der Waals surface area contributed by atoms with Gasteiger partial charge in [-0.15, -0.1) is 0 Å². The van der Waals surface area contributed by atoms with Gasteiger partial charge in [-0.1, -0.05) is 267 Å². The quantitative estimate of drug-likeness (QED) is 0.0262. The fraction of sp³-hybridized carbons (Fsp3) is 0.762. The van der Waals surface area contributed by atoms with Gasteiger partial charge in [-0.05, 0) is 77.0 Å². The van der Waals surface area contributed by atoms with Gasteiger partial charge in [0.25, 0.3) is 0 Å². The van der Waals surface area contributed by atoms with Crippen molar-refractivity contribution in [1.29, 1.82) is 0 Å². The Bertz CT molecular complexity index is 1290. The van der Waals surface area contributed by atoms with Crippen LogP contribution in [0.25, 0.3) is 0 Å². The van der Waals surface area contributed by atoms with E-state index < -0.39 is 6.10 Å². The van der Waals surface area contributed by atoms with Crippen molar-refractivity contribution in [2.75, 3.05) is 13.2 Å². The molecule has 0 aliphatic heterocycles. The van der Waals surface area contributed by atoms with E-state index in [1.54, 1.807) is 0 Å². The summed E-state index contributed by atoms with van der Waals surface area (Å²) in [4.78, 5) is 37.9. The Labute approximate surface area is 427 Å². The van der Waals surface area contributed by atoms with Crippen LogP contribution >= 0.6 is 0 Å². The molecule has 0 amide bonds. The lowest BCUT2D eigenvalue weighted by Crippen LogP contribution is -2.30. The largest absolute Gasteiger partial charge is 0.462 e. The SMILES string of the molecule is CC/C=C\C/C=C\C/C=C\C/C=C\CCC(=O)OC(COC(=O)CCCCCCCCCCC)COC(=O)CCCCCCCCCCCCCCCCCCC/C=C\C/C=C\CCCCCCC. The highest BCUT2D eigenvalue weighted by Crippen LogP contribution is 2.16. The second-order valence-corrected chi connectivity index (χ2v) is 19.5. The first-order valence-electron chi connectivity index (χ1n) is 29.4. The van der Waals surface area contributed by atoms with Crippen molar-refractivity contribution >= 4 is 17.9 Å². The van der Waals surface area contributed by atoms with Crippen molar-refractivity contribution in [3.05, 3.63) is 72.9 Å². The molecule has 0 bridgehead atoms. The molecule has 0 aromatic carbocycles. The van der Waals surface area contributed by atoms with Gasteiger partial charge in [-0.2, -0.15) is 0 Å². The van der Waals surface area contributed by atoms with Crippen LogP contribution in [0.1, 0.15) is 290 Å². The lowest BCUT2D eigenvalue weighted by molar-refractivity contribution is -0.166. The van der Waals surface area contributed by atoms with E-state index in [-0.39, 0.29) is 37.5 Å². The van der Waals surface area contributed by atoms with Gasteiger partial charge in [0.05, 0.1) is 0 Å². The second kappa shape index (κ2) is 57.4. The zero-order valence-electron chi connectivity index (χ0n) is 45.6. The number of hydrogen-bond donors (Lipinski definition) is 0. The normalized spacial score (nSPS) is 12.6. The maximum Gasteiger partial charge on any atom is 0.306 e. The summed E-state index contributed by atoms with van der Waals surface area (Å²) in [5.74, 6) is -0.979. The number of allylic oxidation sites excluding steroid dienone is 12. The number of rotatable bonds is 53. The van der Waals surface area contributed by atoms with Crippen LogP contribution in [0.15, 0.2) is 72.9 Å². The first-order chi connectivity index (χ1) is 34.0. The van der Waals surface area contributed by atoms with Crippen molar-refractivity contribution in [1.82, 2.24) is 0 Å². The van der Waals surface area contributed by atoms with Gasteiger partial charge < -0.3 is 14.2 Å². The molecule has 0 aromatic heterocycles. The zero-order chi connectivity index (χ0) is 50.0. The van der Waals surface area contributed by atoms with E-state index in [9.17, 15) is 14.4 Å². The smallest absolute Gasteiger partial charge is 0.306 e. The Hall–Kier alpha value is -3.15. The summed E-state index contributed by atoms with van der Waals surface area (Å²) in [7, 11) is 0. The van der Waals surface area contributed by atoms with E-state index in [0.717, 1.165) is 70.6 Å². The summed E-state index contributed by atoms with van der Waals surface area (Å²) in [6.07, 6.45) is 73.7. The lowest BCUT2D eigenvalue weighted by atomic mass is 10.0. The van der Waals surface area contributed by atoms with Gasteiger partial charge in [-0.3, -0.25) is 14.4 Å². The molecule has 0 fully saturated rings. The minimum absolute atomic E-state index is 0.101. The molecule has 0 aliphatic carbocycles. The first kappa shape index (κ1) is 65.8. The fourth-order valence-electron chi connectivity index (χ4n) is 8.31. The van der Waals surface area contributed by atoms with Crippen LogP contribution in [0.3, 0.4) is 0 Å². The molecule has 1 unspecified atom stereocenters. The van der Waals surface area contributed by atoms with E-state index in [1.807, 2.05) is 12.2 Å². The molecule has 1 atom stereocenters. The lowest BCUT2D eigenvalue weighted by Gasteiger charge is -2.18. The van der Waals surface area contributed by atoms with Gasteiger partial charge in [0.1, 0.15) is 13.2 Å². The van der Waals surface area contributed by atoms with Crippen molar-refractivity contribution in [2.24, 2.45) is 0 Å². The Balaban J connectivity index is 4.13. The number of esters is 3. The van der Waals surface area contributed by atoms with E-state index in [4.69, 9.17) is 14.2 Å². The summed E-state index contributed by atoms with van der Waals surface area (Å²) < 4.78 is 16.7. The summed E-state index contributed by atoms with van der Waals surface area (Å²) >= 11 is 0. The number of ether oxygens (including phenoxy) is 3. The third kappa shape index (κ3) is 55.6. The Morgan fingerprint density at radius 2 is 0.594 bits per heavy atom. The molecule has 0 aliphatic rings. The van der Waals surface area contributed by atoms with Crippen molar-refractivity contribution in [3.63, 3.8) is 0 Å². The van der Waals surface area contributed by atoms with Crippen molar-refractivity contribution < 1.29 is 28.6 Å². The van der Waals surface area contributed by atoms with Crippen molar-refractivity contribution in [2.45, 2.75) is 297 Å². The summed E-state index contributed by atoms with van der Waals surface area (Å²) in [6, 6.07) is 0. The van der Waals surface area contributed by atoms with E-state index in [0.29, 0.717) is 19.3 Å². The van der Waals surface area contributed by atoms with Crippen LogP contribution in [0, 0.1) is 0 Å². The minimum atomic E-state index is -0.809. The van der Waals surface area contributed by atoms with E-state index in [1.165, 1.54) is 173 Å². The number of carbonyl (C=O) groups excluding carboxylic acids is 3. The van der Waals surface area contributed by atoms with Crippen LogP contribution in [0.4, 0.5) is 0 Å². The zero-order valence-corrected chi connectivity index (χ0v) is 45.6. The summed E-state index contributed by atoms with van der Waals surface area (Å²) in [6.45, 7) is 6.45. The maximum absolute atomic E-state index is 12.7. The molecule has 398 valence electrons. The molecule has 6 nitrogen and oxygen atoms in total. The molecule has 0 rings (SSSR count). The number of unbranched alkanes of at least 4 members (excludes halogenated alkanes) is 30. The monoisotopic (exact) mass is 963 g/mol. The molecular weight excluding hydrogens is 853 g/mol. The Kier molecular flexibility index (Phi) is 54.8. The van der Waals surface area contributed by atoms with Gasteiger partial charge in [0, 0.05) is 19.3 Å². The van der Waals surface area contributed by atoms with Crippen molar-refractivity contribution in [3.8, 4) is 0 Å². The molecular formula is C63H110O6. The molecule has 6 heteroatoms. The molecule has 0 aromatic rings. The first-order valence-corrected chi connectivity index (χ1v) is 29.4. The Morgan fingerprint density at radius 1 is 0.304 bits per heavy atom. The van der Waals surface area contributed by atoms with Gasteiger partial charge in [0.2, 0.25) is 0 Å². The van der Waals surface area contributed by atoms with E-state index in [2.05, 4.69) is 81.5 Å². The van der Waals surface area contributed by atoms with Gasteiger partial charge >= 0.3 is 17.9 Å². The van der Waals surface area contributed by atoms with Crippen LogP contribution < -0.4 is 0 Å². The molecule has 0 spiro atoms. The van der Waals surface area contributed by atoms with Gasteiger partial charge in [-0.25, -0.2) is 0 Å². The summed E-state index contributed by atoms with van der Waals surface area (Å²) in [5.41, 5.74) is 0. The molecule has 69 heavy (non-hydrogen) atoms. The highest BCUT2D eigenvalue weighted by molar-refractivity contribution is 5.71. The van der Waals surface area contributed by atoms with E-state index >= 15 is 0 Å². The molecule has 0 radical (unpaired) electrons. The van der Waals surface area contributed by atoms with Gasteiger partial charge in [0.15, 0.2) is 6.10 Å². The molecule has 0 saturated heterocycles. The molecule has 0 saturated carbocycles. The predicted octanol–water partition coefficient (Wildman–Crippen LogP) is 19.8. The average molecular weight is 964 g/mol. The highest BCUT2D eigenvalue weighted by atomic mass is 16.6. The maximum atomic E-state index is 12.7. The number of carbonyl (C=O) groups is 3. The van der Waals surface area contributed by atoms with Crippen LogP contribution in [-0.4, -0.2) is 37.2 Å². The minimum Gasteiger partial charge on any atom is -0.462 e. The number of hydrogen-bond acceptors (Lipinski definition) is 6. The second-order valence-electron chi connectivity index (χ2n) is 19.5. The molecule has 0 N–H and O–H groups in total. The Morgan fingerprint density at radius 3 is 0.942 bits per heavy atom. The predicted molar refractivity (Wildman–Crippen MR) is 298 cm³/mol. The van der Waals surface area contributed by atoms with Crippen LogP contribution in [-0.2, 0) is 28.6 Å². The van der Waals surface area contributed by atoms with Crippen LogP contribution in [0.5, 0.6) is 0 Å².